The molecule has 30 heavy (non-hydrogen) atoms. The number of aryl methyl sites for hydroxylation is 1. The monoisotopic (exact) mass is 437 g/mol. The highest BCUT2D eigenvalue weighted by Gasteiger charge is 2.15. The van der Waals surface area contributed by atoms with Gasteiger partial charge in [-0.05, 0) is 49.4 Å². The van der Waals surface area contributed by atoms with Gasteiger partial charge >= 0.3 is 0 Å². The number of thiazole rings is 1. The van der Waals surface area contributed by atoms with Crippen LogP contribution in [0.25, 0.3) is 10.2 Å². The molecule has 0 radical (unpaired) electrons. The number of nitrogens with one attached hydrogen (secondary N) is 1. The highest BCUT2D eigenvalue weighted by Crippen LogP contribution is 2.19. The van der Waals surface area contributed by atoms with Crippen molar-refractivity contribution in [2.24, 2.45) is 4.99 Å². The number of hydrogen-bond donors (Lipinski definition) is 1. The maximum absolute atomic E-state index is 12.8. The summed E-state index contributed by atoms with van der Waals surface area (Å²) in [6, 6.07) is 22.3. The molecule has 4 rings (SSSR count). The number of para-hydroxylation sites is 1. The number of anilines is 1. The fraction of sp³-hybridized carbons (Fsp3) is 0.0909. The Kier molecular flexibility index (Phi) is 5.52. The van der Waals surface area contributed by atoms with Gasteiger partial charge in [0.15, 0.2) is 4.80 Å². The first-order chi connectivity index (χ1) is 14.5. The van der Waals surface area contributed by atoms with Gasteiger partial charge in [-0.1, -0.05) is 47.7 Å². The average Bonchev–Trinajstić information content (AvgIpc) is 3.11. The molecule has 6 nitrogen and oxygen atoms in total. The zero-order chi connectivity index (χ0) is 21.1. The third-order valence-corrected chi connectivity index (χ3v) is 6.97. The summed E-state index contributed by atoms with van der Waals surface area (Å²) >= 11 is 1.45. The van der Waals surface area contributed by atoms with E-state index in [1.165, 1.54) is 29.5 Å². The Morgan fingerprint density at radius 3 is 2.50 bits per heavy atom. The molecule has 0 saturated carbocycles. The quantitative estimate of drug-likeness (QED) is 0.506. The molecule has 0 bridgehead atoms. The third-order valence-electron chi connectivity index (χ3n) is 4.52. The largest absolute Gasteiger partial charge is 0.317 e. The number of aromatic nitrogens is 1. The normalized spacial score (nSPS) is 12.2. The van der Waals surface area contributed by atoms with E-state index in [-0.39, 0.29) is 4.90 Å². The van der Waals surface area contributed by atoms with Gasteiger partial charge in [-0.15, -0.1) is 0 Å². The molecule has 0 unspecified atom stereocenters. The van der Waals surface area contributed by atoms with Gasteiger partial charge in [-0.2, -0.15) is 4.99 Å². The maximum atomic E-state index is 12.8. The van der Waals surface area contributed by atoms with Gasteiger partial charge < -0.3 is 4.57 Å². The molecular weight excluding hydrogens is 418 g/mol. The summed E-state index contributed by atoms with van der Waals surface area (Å²) in [5, 5.41) is 0. The Bertz CT molecular complexity index is 1390. The van der Waals surface area contributed by atoms with E-state index < -0.39 is 15.9 Å². The predicted octanol–water partition coefficient (Wildman–Crippen LogP) is 4.26. The number of hydrogen-bond acceptors (Lipinski definition) is 4. The van der Waals surface area contributed by atoms with Gasteiger partial charge in [0.2, 0.25) is 0 Å². The second kappa shape index (κ2) is 8.25. The van der Waals surface area contributed by atoms with Gasteiger partial charge in [0.1, 0.15) is 0 Å². The lowest BCUT2D eigenvalue weighted by atomic mass is 10.2. The van der Waals surface area contributed by atoms with Crippen molar-refractivity contribution >= 4 is 43.2 Å². The second-order valence-electron chi connectivity index (χ2n) is 6.51. The van der Waals surface area contributed by atoms with E-state index in [1.54, 1.807) is 36.4 Å². The van der Waals surface area contributed by atoms with Crippen molar-refractivity contribution in [1.82, 2.24) is 4.57 Å². The summed E-state index contributed by atoms with van der Waals surface area (Å²) in [4.78, 5) is 17.9. The van der Waals surface area contributed by atoms with Crippen LogP contribution in [0, 0.1) is 0 Å². The first kappa shape index (κ1) is 20.1. The van der Waals surface area contributed by atoms with E-state index in [0.717, 1.165) is 10.2 Å². The molecule has 0 spiro atoms. The van der Waals surface area contributed by atoms with Crippen molar-refractivity contribution in [3.63, 3.8) is 0 Å². The van der Waals surface area contributed by atoms with E-state index >= 15 is 0 Å². The lowest BCUT2D eigenvalue weighted by Gasteiger charge is -2.08. The number of rotatable bonds is 5. The molecule has 152 valence electrons. The molecule has 3 aromatic carbocycles. The van der Waals surface area contributed by atoms with Crippen LogP contribution in [0.5, 0.6) is 0 Å². The summed E-state index contributed by atoms with van der Waals surface area (Å²) < 4.78 is 30.6. The zero-order valence-corrected chi connectivity index (χ0v) is 17.8. The lowest BCUT2D eigenvalue weighted by molar-refractivity contribution is 0.0998. The molecule has 1 aromatic heterocycles. The fourth-order valence-electron chi connectivity index (χ4n) is 3.09. The minimum absolute atomic E-state index is 0.153. The molecule has 1 heterocycles. The smallest absolute Gasteiger partial charge is 0.279 e. The SMILES string of the molecule is CCn1c(=NC(=O)c2cccc(NS(=O)(=O)c3ccccc3)c2)sc2ccccc21. The molecule has 0 fully saturated rings. The summed E-state index contributed by atoms with van der Waals surface area (Å²) in [6.45, 7) is 2.69. The molecule has 0 atom stereocenters. The average molecular weight is 438 g/mol. The van der Waals surface area contributed by atoms with E-state index in [0.29, 0.717) is 22.6 Å². The van der Waals surface area contributed by atoms with Crippen LogP contribution in [0.2, 0.25) is 0 Å². The van der Waals surface area contributed by atoms with Crippen molar-refractivity contribution in [3.05, 3.63) is 89.2 Å². The Hall–Kier alpha value is -3.23. The molecule has 1 N–H and O–H groups in total. The minimum atomic E-state index is -3.74. The van der Waals surface area contributed by atoms with Crippen LogP contribution in [0.3, 0.4) is 0 Å². The van der Waals surface area contributed by atoms with Gasteiger partial charge in [-0.3, -0.25) is 9.52 Å². The number of fused-ring (bicyclic) bond motifs is 1. The van der Waals surface area contributed by atoms with Gasteiger partial charge in [-0.25, -0.2) is 8.42 Å². The van der Waals surface area contributed by atoms with E-state index in [9.17, 15) is 13.2 Å². The van der Waals surface area contributed by atoms with Crippen LogP contribution in [0.15, 0.2) is 88.8 Å². The summed E-state index contributed by atoms with van der Waals surface area (Å²) in [5.41, 5.74) is 1.64. The molecule has 0 aliphatic carbocycles. The summed E-state index contributed by atoms with van der Waals surface area (Å²) in [6.07, 6.45) is 0. The van der Waals surface area contributed by atoms with Crippen LogP contribution in [-0.2, 0) is 16.6 Å². The van der Waals surface area contributed by atoms with Crippen molar-refractivity contribution in [2.45, 2.75) is 18.4 Å². The van der Waals surface area contributed by atoms with Crippen LogP contribution < -0.4 is 9.52 Å². The number of carbonyl (C=O) groups excluding carboxylic acids is 1. The Morgan fingerprint density at radius 1 is 1.00 bits per heavy atom. The summed E-state index contributed by atoms with van der Waals surface area (Å²) in [5.74, 6) is -0.426. The van der Waals surface area contributed by atoms with Gasteiger partial charge in [0.05, 0.1) is 15.1 Å². The molecule has 0 aliphatic heterocycles. The van der Waals surface area contributed by atoms with Crippen molar-refractivity contribution in [3.8, 4) is 0 Å². The predicted molar refractivity (Wildman–Crippen MR) is 119 cm³/mol. The topological polar surface area (TPSA) is 80.5 Å². The van der Waals surface area contributed by atoms with E-state index in [4.69, 9.17) is 0 Å². The Labute approximate surface area is 178 Å². The fourth-order valence-corrected chi connectivity index (χ4v) is 5.26. The van der Waals surface area contributed by atoms with Crippen LogP contribution >= 0.6 is 11.3 Å². The molecule has 0 saturated heterocycles. The minimum Gasteiger partial charge on any atom is -0.317 e. The van der Waals surface area contributed by atoms with Crippen molar-refractivity contribution in [2.75, 3.05) is 4.72 Å². The van der Waals surface area contributed by atoms with E-state index in [1.807, 2.05) is 35.8 Å². The standard InChI is InChI=1S/C22H19N3O3S2/c1-2-25-19-13-6-7-14-20(19)29-22(25)23-21(26)16-9-8-10-17(15-16)24-30(27,28)18-11-4-3-5-12-18/h3-15,24H,2H2,1H3. The molecule has 8 heteroatoms. The van der Waals surface area contributed by atoms with Gasteiger partial charge in [0.25, 0.3) is 15.9 Å². The van der Waals surface area contributed by atoms with Crippen LogP contribution in [0.4, 0.5) is 5.69 Å². The van der Waals surface area contributed by atoms with Crippen LogP contribution in [-0.4, -0.2) is 18.9 Å². The Balaban J connectivity index is 1.66. The highest BCUT2D eigenvalue weighted by atomic mass is 32.2. The van der Waals surface area contributed by atoms with Crippen molar-refractivity contribution in [1.29, 1.82) is 0 Å². The maximum Gasteiger partial charge on any atom is 0.279 e. The highest BCUT2D eigenvalue weighted by molar-refractivity contribution is 7.92. The zero-order valence-electron chi connectivity index (χ0n) is 16.1. The molecule has 1 amide bonds. The third kappa shape index (κ3) is 4.05. The second-order valence-corrected chi connectivity index (χ2v) is 9.20. The van der Waals surface area contributed by atoms with Crippen molar-refractivity contribution < 1.29 is 13.2 Å². The number of benzene rings is 3. The Morgan fingerprint density at radius 2 is 1.73 bits per heavy atom. The number of amides is 1. The summed E-state index contributed by atoms with van der Waals surface area (Å²) in [7, 11) is -3.74. The molecule has 4 aromatic rings. The number of sulfonamides is 1. The lowest BCUT2D eigenvalue weighted by Crippen LogP contribution is -2.16. The molecule has 0 aliphatic rings. The van der Waals surface area contributed by atoms with E-state index in [2.05, 4.69) is 9.71 Å². The van der Waals surface area contributed by atoms with Gasteiger partial charge in [0, 0.05) is 17.8 Å². The molecular formula is C22H19N3O3S2. The van der Waals surface area contributed by atoms with Crippen LogP contribution in [0.1, 0.15) is 17.3 Å². The first-order valence-corrected chi connectivity index (χ1v) is 11.6. The first-order valence-electron chi connectivity index (χ1n) is 9.33. The number of carbonyl (C=O) groups is 1. The number of nitrogens with zero attached hydrogens (tertiary/aromatic N) is 2.